The third-order valence-corrected chi connectivity index (χ3v) is 2.41. The van der Waals surface area contributed by atoms with E-state index in [1.54, 1.807) is 0 Å². The maximum atomic E-state index is 8.74. The summed E-state index contributed by atoms with van der Waals surface area (Å²) in [5.41, 5.74) is 10.6. The molecule has 0 aliphatic carbocycles. The molecule has 1 heterocycles. The van der Waals surface area contributed by atoms with Crippen LogP contribution >= 0.6 is 0 Å². The van der Waals surface area contributed by atoms with Crippen LogP contribution in [0.25, 0.3) is 0 Å². The minimum atomic E-state index is -4.67. The van der Waals surface area contributed by atoms with E-state index in [1.807, 2.05) is 0 Å². The Labute approximate surface area is 107 Å². The summed E-state index contributed by atoms with van der Waals surface area (Å²) in [6, 6.07) is 0.474. The molecule has 1 aliphatic rings. The van der Waals surface area contributed by atoms with Crippen LogP contribution in [0.1, 0.15) is 32.1 Å². The minimum absolute atomic E-state index is 0.198. The van der Waals surface area contributed by atoms with Gasteiger partial charge in [0, 0.05) is 6.04 Å². The first-order valence-corrected chi connectivity index (χ1v) is 7.17. The highest BCUT2D eigenvalue weighted by atomic mass is 32.3. The zero-order valence-electron chi connectivity index (χ0n) is 10.2. The van der Waals surface area contributed by atoms with Crippen LogP contribution in [0.5, 0.6) is 0 Å². The van der Waals surface area contributed by atoms with Crippen LogP contribution in [-0.2, 0) is 10.4 Å². The second kappa shape index (κ2) is 9.09. The molecule has 1 rings (SSSR count). The average molecular weight is 282 g/mol. The number of nitrogens with two attached hydrogens (primary N) is 2. The van der Waals surface area contributed by atoms with E-state index in [-0.39, 0.29) is 5.96 Å². The van der Waals surface area contributed by atoms with Crippen molar-refractivity contribution in [1.82, 2.24) is 5.32 Å². The molecule has 8 nitrogen and oxygen atoms in total. The van der Waals surface area contributed by atoms with E-state index in [9.17, 15) is 0 Å². The van der Waals surface area contributed by atoms with Crippen LogP contribution < -0.4 is 16.8 Å². The lowest BCUT2D eigenvalue weighted by atomic mass is 10.0. The van der Waals surface area contributed by atoms with Crippen molar-refractivity contribution in [3.8, 4) is 0 Å². The van der Waals surface area contributed by atoms with E-state index in [0.717, 1.165) is 13.1 Å². The number of hydrogen-bond donors (Lipinski definition) is 5. The Balaban J connectivity index is 0.000000494. The standard InChI is InChI=1S/C9H20N4.H2O4S/c10-9(11)13-7-8-5-3-1-2-4-6-12-8;1-5(2,3)4/h8,12H,1-7H2,(H4,10,11,13);(H2,1,2,3,4)/t8-;/m1./s1. The molecule has 1 fully saturated rings. The summed E-state index contributed by atoms with van der Waals surface area (Å²) in [6.07, 6.45) is 6.45. The topological polar surface area (TPSA) is 151 Å². The lowest BCUT2D eigenvalue weighted by Crippen LogP contribution is -2.35. The maximum absolute atomic E-state index is 8.74. The number of nitrogens with zero attached hydrogens (tertiary/aromatic N) is 1. The van der Waals surface area contributed by atoms with Gasteiger partial charge >= 0.3 is 10.4 Å². The van der Waals surface area contributed by atoms with Gasteiger partial charge in [0.1, 0.15) is 0 Å². The van der Waals surface area contributed by atoms with E-state index in [2.05, 4.69) is 10.3 Å². The Morgan fingerprint density at radius 1 is 1.22 bits per heavy atom. The van der Waals surface area contributed by atoms with Gasteiger partial charge in [-0.25, -0.2) is 0 Å². The Kier molecular flexibility index (Phi) is 8.63. The first-order chi connectivity index (χ1) is 8.29. The smallest absolute Gasteiger partial charge is 0.370 e. The van der Waals surface area contributed by atoms with Gasteiger partial charge in [0.05, 0.1) is 6.54 Å². The van der Waals surface area contributed by atoms with Gasteiger partial charge in [0.2, 0.25) is 0 Å². The van der Waals surface area contributed by atoms with Crippen molar-refractivity contribution in [2.45, 2.75) is 38.1 Å². The number of guanidine groups is 1. The van der Waals surface area contributed by atoms with Crippen LogP contribution in [0.3, 0.4) is 0 Å². The normalized spacial score (nSPS) is 20.9. The number of rotatable bonds is 2. The summed E-state index contributed by atoms with van der Waals surface area (Å²) < 4.78 is 31.6. The molecule has 0 spiro atoms. The SMILES string of the molecule is NC(N)=NC[C@H]1CCCCCCN1.O=S(=O)(O)O. The lowest BCUT2D eigenvalue weighted by Gasteiger charge is -2.19. The summed E-state index contributed by atoms with van der Waals surface area (Å²) in [6.45, 7) is 1.83. The quantitative estimate of drug-likeness (QED) is 0.261. The summed E-state index contributed by atoms with van der Waals surface area (Å²) in [5, 5.41) is 3.46. The molecule has 0 bridgehead atoms. The molecular weight excluding hydrogens is 260 g/mol. The minimum Gasteiger partial charge on any atom is -0.370 e. The van der Waals surface area contributed by atoms with Crippen LogP contribution in [-0.4, -0.2) is 42.6 Å². The average Bonchev–Trinajstić information content (AvgIpc) is 2.12. The van der Waals surface area contributed by atoms with Gasteiger partial charge in [0.25, 0.3) is 0 Å². The predicted octanol–water partition coefficient (Wildman–Crippen LogP) is -0.471. The fourth-order valence-electron chi connectivity index (χ4n) is 1.65. The molecule has 0 radical (unpaired) electrons. The molecule has 1 atom stereocenters. The highest BCUT2D eigenvalue weighted by Crippen LogP contribution is 2.09. The van der Waals surface area contributed by atoms with Crippen molar-refractivity contribution in [1.29, 1.82) is 0 Å². The molecule has 0 aromatic carbocycles. The number of hydrogen-bond acceptors (Lipinski definition) is 4. The van der Waals surface area contributed by atoms with Crippen LogP contribution in [0.2, 0.25) is 0 Å². The molecule has 1 aliphatic heterocycles. The Morgan fingerprint density at radius 2 is 1.78 bits per heavy atom. The number of nitrogens with one attached hydrogen (secondary N) is 1. The van der Waals surface area contributed by atoms with Crippen molar-refractivity contribution >= 4 is 16.4 Å². The Hall–Kier alpha value is -0.900. The Morgan fingerprint density at radius 3 is 2.33 bits per heavy atom. The molecule has 108 valence electrons. The highest BCUT2D eigenvalue weighted by molar-refractivity contribution is 7.79. The second-order valence-electron chi connectivity index (χ2n) is 4.07. The van der Waals surface area contributed by atoms with Crippen LogP contribution in [0.15, 0.2) is 4.99 Å². The van der Waals surface area contributed by atoms with E-state index in [4.69, 9.17) is 29.0 Å². The monoisotopic (exact) mass is 282 g/mol. The summed E-state index contributed by atoms with van der Waals surface area (Å²) >= 11 is 0. The molecular formula is C9H22N4O4S. The fourth-order valence-corrected chi connectivity index (χ4v) is 1.65. The number of aliphatic imine (C=N–C) groups is 1. The van der Waals surface area contributed by atoms with Gasteiger partial charge < -0.3 is 16.8 Å². The van der Waals surface area contributed by atoms with Gasteiger partial charge in [-0.2, -0.15) is 8.42 Å². The first kappa shape index (κ1) is 17.1. The fraction of sp³-hybridized carbons (Fsp3) is 0.889. The van der Waals surface area contributed by atoms with Crippen molar-refractivity contribution in [3.05, 3.63) is 0 Å². The first-order valence-electron chi connectivity index (χ1n) is 5.77. The largest absolute Gasteiger partial charge is 0.394 e. The molecule has 0 amide bonds. The highest BCUT2D eigenvalue weighted by Gasteiger charge is 2.09. The molecule has 18 heavy (non-hydrogen) atoms. The van der Waals surface area contributed by atoms with Crippen molar-refractivity contribution in [3.63, 3.8) is 0 Å². The molecule has 0 aromatic rings. The van der Waals surface area contributed by atoms with Crippen LogP contribution in [0.4, 0.5) is 0 Å². The molecule has 0 aromatic heterocycles. The molecule has 7 N–H and O–H groups in total. The second-order valence-corrected chi connectivity index (χ2v) is 4.96. The van der Waals surface area contributed by atoms with E-state index < -0.39 is 10.4 Å². The van der Waals surface area contributed by atoms with Gasteiger partial charge in [0.15, 0.2) is 5.96 Å². The van der Waals surface area contributed by atoms with E-state index >= 15 is 0 Å². The van der Waals surface area contributed by atoms with Crippen molar-refractivity contribution < 1.29 is 17.5 Å². The third-order valence-electron chi connectivity index (χ3n) is 2.41. The molecule has 0 saturated carbocycles. The summed E-state index contributed by atoms with van der Waals surface area (Å²) in [5.74, 6) is 0.198. The van der Waals surface area contributed by atoms with E-state index in [1.165, 1.54) is 32.1 Å². The van der Waals surface area contributed by atoms with Crippen LogP contribution in [0, 0.1) is 0 Å². The van der Waals surface area contributed by atoms with Crippen molar-refractivity contribution in [2.24, 2.45) is 16.5 Å². The van der Waals surface area contributed by atoms with Gasteiger partial charge in [-0.05, 0) is 19.4 Å². The third kappa shape index (κ3) is 15.1. The zero-order valence-corrected chi connectivity index (χ0v) is 11.1. The van der Waals surface area contributed by atoms with Gasteiger partial charge in [-0.15, -0.1) is 0 Å². The summed E-state index contributed by atoms with van der Waals surface area (Å²) in [4.78, 5) is 4.03. The summed E-state index contributed by atoms with van der Waals surface area (Å²) in [7, 11) is -4.67. The lowest BCUT2D eigenvalue weighted by molar-refractivity contribution is 0.381. The van der Waals surface area contributed by atoms with E-state index in [0.29, 0.717) is 6.04 Å². The maximum Gasteiger partial charge on any atom is 0.394 e. The molecule has 0 unspecified atom stereocenters. The van der Waals surface area contributed by atoms with Crippen molar-refractivity contribution in [2.75, 3.05) is 13.1 Å². The predicted molar refractivity (Wildman–Crippen MR) is 69.7 cm³/mol. The van der Waals surface area contributed by atoms with Gasteiger partial charge in [-0.1, -0.05) is 19.3 Å². The molecule has 1 saturated heterocycles. The Bertz CT molecular complexity index is 324. The molecule has 9 heteroatoms. The van der Waals surface area contributed by atoms with Gasteiger partial charge in [-0.3, -0.25) is 14.1 Å². The zero-order chi connectivity index (χ0) is 14.0.